The van der Waals surface area contributed by atoms with Crippen molar-refractivity contribution in [3.05, 3.63) is 24.3 Å². The predicted molar refractivity (Wildman–Crippen MR) is 53.6 cm³/mol. The van der Waals surface area contributed by atoms with Crippen molar-refractivity contribution >= 4 is 11.7 Å². The smallest absolute Gasteiger partial charge is 0.468 e. The lowest BCUT2D eigenvalue weighted by Gasteiger charge is -2.09. The number of carbonyl (C=O) groups excluding carboxylic acids is 1. The molecule has 0 spiro atoms. The molecule has 17 heavy (non-hydrogen) atoms. The summed E-state index contributed by atoms with van der Waals surface area (Å²) in [5.74, 6) is -0.790. The largest absolute Gasteiger partial charge is 0.573 e. The van der Waals surface area contributed by atoms with Crippen LogP contribution in [-0.4, -0.2) is 26.0 Å². The van der Waals surface area contributed by atoms with Gasteiger partial charge in [0, 0.05) is 5.69 Å². The Morgan fingerprint density at radius 1 is 1.29 bits per heavy atom. The molecule has 0 fully saturated rings. The molecule has 1 aromatic carbocycles. The first kappa shape index (κ1) is 13.1. The molecular formula is C10H10F3NO3. The number of hydrogen-bond acceptors (Lipinski definition) is 4. The minimum atomic E-state index is -4.71. The molecule has 7 heteroatoms. The van der Waals surface area contributed by atoms with Crippen molar-refractivity contribution in [2.24, 2.45) is 0 Å². The summed E-state index contributed by atoms with van der Waals surface area (Å²) in [7, 11) is 1.24. The maximum Gasteiger partial charge on any atom is 0.573 e. The summed E-state index contributed by atoms with van der Waals surface area (Å²) >= 11 is 0. The summed E-state index contributed by atoms with van der Waals surface area (Å²) in [6.07, 6.45) is -4.71. The molecular weight excluding hydrogens is 239 g/mol. The van der Waals surface area contributed by atoms with Crippen LogP contribution in [0.3, 0.4) is 0 Å². The second-order valence-electron chi connectivity index (χ2n) is 3.00. The number of alkyl halides is 3. The number of anilines is 1. The topological polar surface area (TPSA) is 47.6 Å². The Kier molecular flexibility index (Phi) is 4.19. The molecule has 94 valence electrons. The average molecular weight is 249 g/mol. The van der Waals surface area contributed by atoms with Crippen molar-refractivity contribution in [3.63, 3.8) is 0 Å². The fourth-order valence-electron chi connectivity index (χ4n) is 1.02. The molecule has 0 aromatic heterocycles. The standard InChI is InChI=1S/C10H10F3NO3/c1-16-9(15)6-14-7-2-4-8(5-3-7)17-10(11,12)13/h2-5,14H,6H2,1H3. The number of esters is 1. The number of benzene rings is 1. The summed E-state index contributed by atoms with van der Waals surface area (Å²) < 4.78 is 43.6. The highest BCUT2D eigenvalue weighted by atomic mass is 19.4. The van der Waals surface area contributed by atoms with E-state index in [2.05, 4.69) is 14.8 Å². The molecule has 0 aliphatic rings. The first-order valence-corrected chi connectivity index (χ1v) is 4.57. The van der Waals surface area contributed by atoms with Gasteiger partial charge in [-0.05, 0) is 24.3 Å². The maximum absolute atomic E-state index is 11.8. The monoisotopic (exact) mass is 249 g/mol. The Balaban J connectivity index is 2.53. The van der Waals surface area contributed by atoms with Crippen LogP contribution in [0, 0.1) is 0 Å². The Bertz CT molecular complexity index is 375. The van der Waals surface area contributed by atoms with Crippen molar-refractivity contribution in [3.8, 4) is 5.75 Å². The van der Waals surface area contributed by atoms with E-state index in [1.807, 2.05) is 0 Å². The minimum absolute atomic E-state index is 0.0595. The second-order valence-corrected chi connectivity index (χ2v) is 3.00. The van der Waals surface area contributed by atoms with Gasteiger partial charge in [-0.3, -0.25) is 4.79 Å². The van der Waals surface area contributed by atoms with Crippen LogP contribution in [0.4, 0.5) is 18.9 Å². The predicted octanol–water partition coefficient (Wildman–Crippen LogP) is 2.17. The van der Waals surface area contributed by atoms with E-state index in [4.69, 9.17) is 0 Å². The van der Waals surface area contributed by atoms with E-state index < -0.39 is 12.3 Å². The van der Waals surface area contributed by atoms with E-state index in [1.165, 1.54) is 19.2 Å². The third-order valence-electron chi connectivity index (χ3n) is 1.75. The molecule has 0 atom stereocenters. The van der Waals surface area contributed by atoms with Gasteiger partial charge in [-0.25, -0.2) is 0 Å². The third kappa shape index (κ3) is 5.10. The highest BCUT2D eigenvalue weighted by Gasteiger charge is 2.30. The van der Waals surface area contributed by atoms with E-state index in [9.17, 15) is 18.0 Å². The lowest BCUT2D eigenvalue weighted by molar-refractivity contribution is -0.274. The zero-order valence-electron chi connectivity index (χ0n) is 8.88. The number of methoxy groups -OCH3 is 1. The van der Waals surface area contributed by atoms with E-state index >= 15 is 0 Å². The van der Waals surface area contributed by atoms with Crippen LogP contribution >= 0.6 is 0 Å². The summed E-state index contributed by atoms with van der Waals surface area (Å²) in [6.45, 7) is -0.0595. The summed E-state index contributed by atoms with van der Waals surface area (Å²) in [6, 6.07) is 5.02. The van der Waals surface area contributed by atoms with Crippen LogP contribution in [0.1, 0.15) is 0 Å². The van der Waals surface area contributed by atoms with Crippen LogP contribution in [0.2, 0.25) is 0 Å². The van der Waals surface area contributed by atoms with Crippen LogP contribution in [-0.2, 0) is 9.53 Å². The zero-order chi connectivity index (χ0) is 12.9. The Morgan fingerprint density at radius 3 is 2.35 bits per heavy atom. The molecule has 0 radical (unpaired) electrons. The zero-order valence-corrected chi connectivity index (χ0v) is 8.88. The average Bonchev–Trinajstić information content (AvgIpc) is 2.25. The second kappa shape index (κ2) is 5.42. The Morgan fingerprint density at radius 2 is 1.88 bits per heavy atom. The number of ether oxygens (including phenoxy) is 2. The van der Waals surface area contributed by atoms with Gasteiger partial charge in [-0.15, -0.1) is 13.2 Å². The number of hydrogen-bond donors (Lipinski definition) is 1. The normalized spacial score (nSPS) is 10.8. The van der Waals surface area contributed by atoms with Crippen molar-refractivity contribution < 1.29 is 27.4 Å². The summed E-state index contributed by atoms with van der Waals surface area (Å²) in [4.78, 5) is 10.8. The van der Waals surface area contributed by atoms with Crippen molar-refractivity contribution in [1.29, 1.82) is 0 Å². The van der Waals surface area contributed by atoms with Crippen molar-refractivity contribution in [2.45, 2.75) is 6.36 Å². The van der Waals surface area contributed by atoms with Gasteiger partial charge in [-0.1, -0.05) is 0 Å². The lowest BCUT2D eigenvalue weighted by atomic mass is 10.3. The summed E-state index contributed by atoms with van der Waals surface area (Å²) in [5.41, 5.74) is 0.491. The SMILES string of the molecule is COC(=O)CNc1ccc(OC(F)(F)F)cc1. The number of rotatable bonds is 4. The van der Waals surface area contributed by atoms with Gasteiger partial charge < -0.3 is 14.8 Å². The third-order valence-corrected chi connectivity index (χ3v) is 1.75. The Labute approximate surface area is 95.3 Å². The molecule has 0 saturated carbocycles. The molecule has 4 nitrogen and oxygen atoms in total. The van der Waals surface area contributed by atoms with E-state index in [1.54, 1.807) is 0 Å². The first-order chi connectivity index (χ1) is 7.90. The van der Waals surface area contributed by atoms with Gasteiger partial charge in [0.1, 0.15) is 12.3 Å². The van der Waals surface area contributed by atoms with Gasteiger partial charge in [0.15, 0.2) is 0 Å². The molecule has 1 aromatic rings. The van der Waals surface area contributed by atoms with Crippen LogP contribution in [0.5, 0.6) is 5.75 Å². The molecule has 0 heterocycles. The molecule has 0 amide bonds. The molecule has 0 saturated heterocycles. The van der Waals surface area contributed by atoms with Crippen LogP contribution in [0.15, 0.2) is 24.3 Å². The number of nitrogens with one attached hydrogen (secondary N) is 1. The van der Waals surface area contributed by atoms with E-state index in [0.717, 1.165) is 12.1 Å². The van der Waals surface area contributed by atoms with Crippen molar-refractivity contribution in [2.75, 3.05) is 19.0 Å². The van der Waals surface area contributed by atoms with Gasteiger partial charge in [0.2, 0.25) is 0 Å². The molecule has 0 aliphatic carbocycles. The van der Waals surface area contributed by atoms with Crippen LogP contribution in [0.25, 0.3) is 0 Å². The molecule has 1 N–H and O–H groups in total. The highest BCUT2D eigenvalue weighted by molar-refractivity contribution is 5.74. The van der Waals surface area contributed by atoms with E-state index in [-0.39, 0.29) is 12.3 Å². The molecule has 1 rings (SSSR count). The van der Waals surface area contributed by atoms with Crippen molar-refractivity contribution in [1.82, 2.24) is 0 Å². The van der Waals surface area contributed by atoms with Crippen LogP contribution < -0.4 is 10.1 Å². The highest BCUT2D eigenvalue weighted by Crippen LogP contribution is 2.23. The van der Waals surface area contributed by atoms with Gasteiger partial charge in [0.25, 0.3) is 0 Å². The molecule has 0 bridgehead atoms. The fraction of sp³-hybridized carbons (Fsp3) is 0.300. The number of carbonyl (C=O) groups is 1. The first-order valence-electron chi connectivity index (χ1n) is 4.57. The molecule has 0 aliphatic heterocycles. The maximum atomic E-state index is 11.8. The van der Waals surface area contributed by atoms with Gasteiger partial charge in [-0.2, -0.15) is 0 Å². The lowest BCUT2D eigenvalue weighted by Crippen LogP contribution is -2.17. The quantitative estimate of drug-likeness (QED) is 0.831. The summed E-state index contributed by atoms with van der Waals surface area (Å²) in [5, 5.41) is 2.67. The Hall–Kier alpha value is -1.92. The molecule has 0 unspecified atom stereocenters. The van der Waals surface area contributed by atoms with Gasteiger partial charge >= 0.3 is 12.3 Å². The minimum Gasteiger partial charge on any atom is -0.468 e. The fourth-order valence-corrected chi connectivity index (χ4v) is 1.02. The van der Waals surface area contributed by atoms with Gasteiger partial charge in [0.05, 0.1) is 7.11 Å². The van der Waals surface area contributed by atoms with E-state index in [0.29, 0.717) is 5.69 Å². The number of halogens is 3.